The zero-order valence-corrected chi connectivity index (χ0v) is 24.8. The number of ether oxygens (including phenoxy) is 2. The topological polar surface area (TPSA) is 95.5 Å². The summed E-state index contributed by atoms with van der Waals surface area (Å²) in [4.78, 5) is 29.7. The van der Waals surface area contributed by atoms with Crippen LogP contribution in [-0.2, 0) is 17.9 Å². The average Bonchev–Trinajstić information content (AvgIpc) is 3.06. The van der Waals surface area contributed by atoms with Crippen molar-refractivity contribution < 1.29 is 19.1 Å². The number of piperazine rings is 1. The zero-order valence-electron chi connectivity index (χ0n) is 24.8. The molecule has 1 saturated heterocycles. The number of nitrogens with one attached hydrogen (secondary N) is 2. The zero-order chi connectivity index (χ0) is 30.6. The number of carbonyl (C=O) groups is 2. The van der Waals surface area contributed by atoms with Gasteiger partial charge in [0.15, 0.2) is 6.61 Å². The molecule has 9 heteroatoms. The van der Waals surface area contributed by atoms with E-state index in [0.717, 1.165) is 44.8 Å². The molecule has 1 heterocycles. The van der Waals surface area contributed by atoms with E-state index in [2.05, 4.69) is 56.0 Å². The highest BCUT2D eigenvalue weighted by Crippen LogP contribution is 2.16. The predicted molar refractivity (Wildman–Crippen MR) is 172 cm³/mol. The van der Waals surface area contributed by atoms with E-state index in [1.807, 2.05) is 24.3 Å². The Kier molecular flexibility index (Phi) is 10.7. The number of anilines is 1. The molecule has 0 unspecified atom stereocenters. The SMILES string of the molecule is COc1ccc(NC(=O)COc2ccc(/C=N\NC(=O)c3ccc(CN4CCN(Cc5ccccc5)CC4)cc3)cc2)cc1. The summed E-state index contributed by atoms with van der Waals surface area (Å²) >= 11 is 0. The third kappa shape index (κ3) is 9.26. The van der Waals surface area contributed by atoms with Crippen molar-refractivity contribution in [3.8, 4) is 11.5 Å². The number of nitrogens with zero attached hydrogens (tertiary/aromatic N) is 3. The van der Waals surface area contributed by atoms with Crippen molar-refractivity contribution >= 4 is 23.7 Å². The first-order valence-electron chi connectivity index (χ1n) is 14.6. The maximum Gasteiger partial charge on any atom is 0.271 e. The molecule has 0 radical (unpaired) electrons. The van der Waals surface area contributed by atoms with Gasteiger partial charge in [-0.15, -0.1) is 0 Å². The molecule has 4 aromatic rings. The van der Waals surface area contributed by atoms with Gasteiger partial charge in [-0.25, -0.2) is 5.43 Å². The van der Waals surface area contributed by atoms with Crippen LogP contribution < -0.4 is 20.2 Å². The summed E-state index contributed by atoms with van der Waals surface area (Å²) in [5.41, 5.74) is 7.11. The number of hydrogen-bond donors (Lipinski definition) is 2. The Labute approximate surface area is 258 Å². The van der Waals surface area contributed by atoms with Crippen LogP contribution in [0.25, 0.3) is 0 Å². The van der Waals surface area contributed by atoms with E-state index in [-0.39, 0.29) is 18.4 Å². The molecule has 0 aromatic heterocycles. The van der Waals surface area contributed by atoms with Gasteiger partial charge in [0.05, 0.1) is 13.3 Å². The fourth-order valence-electron chi connectivity index (χ4n) is 4.87. The molecule has 1 aliphatic rings. The van der Waals surface area contributed by atoms with Crippen LogP contribution in [0.4, 0.5) is 5.69 Å². The van der Waals surface area contributed by atoms with Crippen LogP contribution in [0.3, 0.4) is 0 Å². The Bertz CT molecular complexity index is 1520. The smallest absolute Gasteiger partial charge is 0.271 e. The van der Waals surface area contributed by atoms with E-state index in [9.17, 15) is 9.59 Å². The minimum Gasteiger partial charge on any atom is -0.497 e. The number of amides is 2. The Morgan fingerprint density at radius 3 is 1.95 bits per heavy atom. The first kappa shape index (κ1) is 30.5. The molecule has 2 N–H and O–H groups in total. The number of hydrogen-bond acceptors (Lipinski definition) is 7. The molecule has 0 spiro atoms. The van der Waals surface area contributed by atoms with Gasteiger partial charge < -0.3 is 14.8 Å². The molecule has 1 aliphatic heterocycles. The summed E-state index contributed by atoms with van der Waals surface area (Å²) in [5, 5.41) is 6.85. The third-order valence-corrected chi connectivity index (χ3v) is 7.34. The summed E-state index contributed by atoms with van der Waals surface area (Å²) in [6.07, 6.45) is 1.56. The second-order valence-corrected chi connectivity index (χ2v) is 10.6. The van der Waals surface area contributed by atoms with Crippen molar-refractivity contribution in [1.29, 1.82) is 0 Å². The van der Waals surface area contributed by atoms with Crippen molar-refractivity contribution in [2.75, 3.05) is 45.2 Å². The largest absolute Gasteiger partial charge is 0.497 e. The maximum atomic E-state index is 12.6. The van der Waals surface area contributed by atoms with Gasteiger partial charge in [-0.2, -0.15) is 5.10 Å². The van der Waals surface area contributed by atoms with E-state index in [1.165, 1.54) is 11.1 Å². The van der Waals surface area contributed by atoms with Gasteiger partial charge in [0.2, 0.25) is 0 Å². The minimum atomic E-state index is -0.273. The Morgan fingerprint density at radius 2 is 1.34 bits per heavy atom. The lowest BCUT2D eigenvalue weighted by Gasteiger charge is -2.34. The second-order valence-electron chi connectivity index (χ2n) is 10.6. The lowest BCUT2D eigenvalue weighted by atomic mass is 10.1. The van der Waals surface area contributed by atoms with Gasteiger partial charge in [0.1, 0.15) is 11.5 Å². The quantitative estimate of drug-likeness (QED) is 0.182. The fraction of sp³-hybridized carbons (Fsp3) is 0.229. The predicted octanol–water partition coefficient (Wildman–Crippen LogP) is 4.79. The van der Waals surface area contributed by atoms with Crippen LogP contribution in [0.5, 0.6) is 11.5 Å². The molecule has 9 nitrogen and oxygen atoms in total. The van der Waals surface area contributed by atoms with Gasteiger partial charge in [0.25, 0.3) is 11.8 Å². The number of benzene rings is 4. The summed E-state index contributed by atoms with van der Waals surface area (Å²) < 4.78 is 10.7. The monoisotopic (exact) mass is 591 g/mol. The molecule has 44 heavy (non-hydrogen) atoms. The van der Waals surface area contributed by atoms with Gasteiger partial charge in [-0.05, 0) is 77.4 Å². The average molecular weight is 592 g/mol. The molecule has 1 fully saturated rings. The summed E-state index contributed by atoms with van der Waals surface area (Å²) in [5.74, 6) is 0.719. The highest BCUT2D eigenvalue weighted by Gasteiger charge is 2.17. The number of methoxy groups -OCH3 is 1. The lowest BCUT2D eigenvalue weighted by molar-refractivity contribution is -0.118. The van der Waals surface area contributed by atoms with Gasteiger partial charge in [0, 0.05) is 50.5 Å². The van der Waals surface area contributed by atoms with Gasteiger partial charge in [-0.1, -0.05) is 42.5 Å². The Balaban J connectivity index is 1.00. The van der Waals surface area contributed by atoms with Crippen molar-refractivity contribution in [2.24, 2.45) is 5.10 Å². The Morgan fingerprint density at radius 1 is 0.750 bits per heavy atom. The summed E-state index contributed by atoms with van der Waals surface area (Å²) in [6.45, 7) is 5.88. The van der Waals surface area contributed by atoms with E-state index in [0.29, 0.717) is 22.7 Å². The van der Waals surface area contributed by atoms with Crippen LogP contribution in [-0.4, -0.2) is 67.7 Å². The first-order valence-corrected chi connectivity index (χ1v) is 14.6. The standard InChI is InChI=1S/C35H37N5O4/c1-43-32-17-13-31(14-18-32)37-34(41)26-44-33-15-9-27(10-16-33)23-36-38-35(42)30-11-7-29(8-12-30)25-40-21-19-39(20-22-40)24-28-5-3-2-4-6-28/h2-18,23H,19-22,24-26H2,1H3,(H,37,41)(H,38,42)/b36-23-. The van der Waals surface area contributed by atoms with E-state index in [4.69, 9.17) is 9.47 Å². The van der Waals surface area contributed by atoms with E-state index >= 15 is 0 Å². The normalized spacial score (nSPS) is 13.8. The summed E-state index contributed by atoms with van der Waals surface area (Å²) in [7, 11) is 1.59. The molecule has 5 rings (SSSR count). The maximum absolute atomic E-state index is 12.6. The van der Waals surface area contributed by atoms with Gasteiger partial charge >= 0.3 is 0 Å². The van der Waals surface area contributed by atoms with Gasteiger partial charge in [-0.3, -0.25) is 19.4 Å². The van der Waals surface area contributed by atoms with Crippen LogP contribution in [0, 0.1) is 0 Å². The van der Waals surface area contributed by atoms with Crippen molar-refractivity contribution in [3.63, 3.8) is 0 Å². The number of hydrazone groups is 1. The minimum absolute atomic E-state index is 0.125. The molecular formula is C35H37N5O4. The molecule has 226 valence electrons. The molecule has 4 aromatic carbocycles. The molecule has 0 bridgehead atoms. The molecule has 0 aliphatic carbocycles. The van der Waals surface area contributed by atoms with Crippen LogP contribution in [0.1, 0.15) is 27.0 Å². The second kappa shape index (κ2) is 15.5. The Hall–Kier alpha value is -4.99. The van der Waals surface area contributed by atoms with Crippen molar-refractivity contribution in [3.05, 3.63) is 125 Å². The number of rotatable bonds is 12. The molecular weight excluding hydrogens is 554 g/mol. The fourth-order valence-corrected chi connectivity index (χ4v) is 4.87. The highest BCUT2D eigenvalue weighted by atomic mass is 16.5. The molecule has 0 atom stereocenters. The van der Waals surface area contributed by atoms with E-state index < -0.39 is 0 Å². The van der Waals surface area contributed by atoms with Crippen LogP contribution in [0.2, 0.25) is 0 Å². The van der Waals surface area contributed by atoms with Crippen LogP contribution in [0.15, 0.2) is 108 Å². The third-order valence-electron chi connectivity index (χ3n) is 7.34. The lowest BCUT2D eigenvalue weighted by Crippen LogP contribution is -2.45. The first-order chi connectivity index (χ1) is 21.5. The number of carbonyl (C=O) groups excluding carboxylic acids is 2. The van der Waals surface area contributed by atoms with Crippen molar-refractivity contribution in [2.45, 2.75) is 13.1 Å². The molecule has 2 amide bonds. The highest BCUT2D eigenvalue weighted by molar-refractivity contribution is 5.95. The van der Waals surface area contributed by atoms with E-state index in [1.54, 1.807) is 61.9 Å². The van der Waals surface area contributed by atoms with Crippen LogP contribution >= 0.6 is 0 Å². The molecule has 0 saturated carbocycles. The summed E-state index contributed by atoms with van der Waals surface area (Å²) in [6, 6.07) is 32.4. The van der Waals surface area contributed by atoms with Crippen molar-refractivity contribution in [1.82, 2.24) is 15.2 Å².